The molecule has 3 aliphatic rings. The van der Waals surface area contributed by atoms with E-state index in [1.54, 1.807) is 0 Å². The molecule has 0 saturated carbocycles. The Morgan fingerprint density at radius 2 is 1.57 bits per heavy atom. The quantitative estimate of drug-likeness (QED) is 0.416. The van der Waals surface area contributed by atoms with Crippen molar-refractivity contribution < 1.29 is 52.4 Å². The molecule has 2 unspecified atom stereocenters. The highest BCUT2D eigenvalue weighted by atomic mass is 35.5. The minimum atomic E-state index is -6.36. The van der Waals surface area contributed by atoms with Gasteiger partial charge in [0.15, 0.2) is 19.7 Å². The van der Waals surface area contributed by atoms with E-state index in [2.05, 4.69) is 0 Å². The predicted molar refractivity (Wildman–Crippen MR) is 137 cm³/mol. The third kappa shape index (κ3) is 4.52. The number of rotatable bonds is 4. The second-order valence-corrected chi connectivity index (χ2v) is 15.7. The molecule has 2 fully saturated rings. The van der Waals surface area contributed by atoms with Crippen LogP contribution in [-0.4, -0.2) is 64.1 Å². The lowest BCUT2D eigenvalue weighted by Crippen LogP contribution is -2.53. The summed E-state index contributed by atoms with van der Waals surface area (Å²) < 4.78 is 147. The van der Waals surface area contributed by atoms with Gasteiger partial charge in [0.1, 0.15) is 4.75 Å². The van der Waals surface area contributed by atoms with E-state index >= 15 is 0 Å². The minimum absolute atomic E-state index is 0.0364. The highest BCUT2D eigenvalue weighted by Crippen LogP contribution is 2.57. The number of carbonyl (C=O) groups is 1. The fraction of sp³-hybridized carbons (Fsp3) is 0.500. The lowest BCUT2D eigenvalue weighted by atomic mass is 9.76. The van der Waals surface area contributed by atoms with E-state index in [9.17, 15) is 52.4 Å². The minimum Gasteiger partial charge on any atom is -0.337 e. The number of hydrogen-bond acceptors (Lipinski definition) is 5. The molecule has 16 heteroatoms. The molecule has 0 bridgehead atoms. The van der Waals surface area contributed by atoms with Gasteiger partial charge in [0.05, 0.1) is 28.4 Å². The van der Waals surface area contributed by atoms with E-state index in [4.69, 9.17) is 11.6 Å². The largest absolute Gasteiger partial charge is 0.435 e. The topological polar surface area (TPSA) is 88.6 Å². The summed E-state index contributed by atoms with van der Waals surface area (Å²) in [5.41, 5.74) is -7.81. The highest BCUT2D eigenvalue weighted by Gasteiger charge is 2.74. The van der Waals surface area contributed by atoms with Crippen molar-refractivity contribution in [3.8, 4) is 0 Å². The van der Waals surface area contributed by atoms with Crippen molar-refractivity contribution in [2.24, 2.45) is 5.92 Å². The standard InChI is InChI=1S/C26H23ClF7NO5S2/c27-18-3-5-19(6-4-18)42(39,40)23-10-11-35(22(36)16-9-12-41(37,38)14-16)21(23)8-1-15-13-17(2-7-20(15)23)24(28,25(29,30)31)26(32,33)34/h2-7,13,16,21H,1,8-12,14H2/t16-,21?,23?/m1/s1. The summed E-state index contributed by atoms with van der Waals surface area (Å²) in [5, 5.41) is 0.195. The Morgan fingerprint density at radius 1 is 0.952 bits per heavy atom. The van der Waals surface area contributed by atoms with Crippen LogP contribution in [0.3, 0.4) is 0 Å². The average Bonchev–Trinajstić information content (AvgIpc) is 3.47. The van der Waals surface area contributed by atoms with Gasteiger partial charge in [-0.2, -0.15) is 26.3 Å². The molecule has 5 rings (SSSR count). The number of alkyl halides is 7. The number of carbonyl (C=O) groups excluding carboxylic acids is 1. The highest BCUT2D eigenvalue weighted by molar-refractivity contribution is 7.92. The second-order valence-electron chi connectivity index (χ2n) is 10.8. The maximum Gasteiger partial charge on any atom is 0.435 e. The summed E-state index contributed by atoms with van der Waals surface area (Å²) >= 11 is 5.92. The van der Waals surface area contributed by atoms with Crippen molar-refractivity contribution in [1.29, 1.82) is 0 Å². The van der Waals surface area contributed by atoms with Crippen LogP contribution in [0.2, 0.25) is 5.02 Å². The maximum absolute atomic E-state index is 14.9. The molecule has 6 nitrogen and oxygen atoms in total. The van der Waals surface area contributed by atoms with Crippen LogP contribution >= 0.6 is 11.6 Å². The van der Waals surface area contributed by atoms with E-state index in [0.29, 0.717) is 6.07 Å². The van der Waals surface area contributed by atoms with Crippen LogP contribution in [0, 0.1) is 5.92 Å². The zero-order valence-corrected chi connectivity index (χ0v) is 23.9. The maximum atomic E-state index is 14.9. The summed E-state index contributed by atoms with van der Waals surface area (Å²) in [4.78, 5) is 14.5. The monoisotopic (exact) mass is 661 g/mol. The van der Waals surface area contributed by atoms with E-state index < -0.39 is 71.6 Å². The molecule has 2 saturated heterocycles. The van der Waals surface area contributed by atoms with Crippen LogP contribution < -0.4 is 0 Å². The molecule has 3 atom stereocenters. The molecule has 0 N–H and O–H groups in total. The van der Waals surface area contributed by atoms with Crippen molar-refractivity contribution in [3.63, 3.8) is 0 Å². The zero-order chi connectivity index (χ0) is 31.1. The lowest BCUT2D eigenvalue weighted by molar-refractivity contribution is -0.348. The van der Waals surface area contributed by atoms with E-state index in [0.717, 1.165) is 6.07 Å². The lowest BCUT2D eigenvalue weighted by Gasteiger charge is -2.43. The smallest absolute Gasteiger partial charge is 0.337 e. The van der Waals surface area contributed by atoms with Gasteiger partial charge in [0.25, 0.3) is 0 Å². The number of aryl methyl sites for hydroxylation is 1. The molecular formula is C26H23ClF7NO5S2. The Labute approximate surface area is 241 Å². The van der Waals surface area contributed by atoms with Gasteiger partial charge in [-0.05, 0) is 61.1 Å². The molecular weight excluding hydrogens is 639 g/mol. The van der Waals surface area contributed by atoms with Crippen molar-refractivity contribution >= 4 is 37.2 Å². The number of sulfone groups is 2. The van der Waals surface area contributed by atoms with Gasteiger partial charge >= 0.3 is 18.0 Å². The van der Waals surface area contributed by atoms with Crippen LogP contribution in [0.1, 0.15) is 36.0 Å². The fourth-order valence-corrected chi connectivity index (χ4v) is 10.8. The number of hydrogen-bond donors (Lipinski definition) is 0. The van der Waals surface area contributed by atoms with Crippen LogP contribution in [0.4, 0.5) is 30.7 Å². The van der Waals surface area contributed by atoms with Gasteiger partial charge in [-0.3, -0.25) is 4.79 Å². The third-order valence-electron chi connectivity index (χ3n) is 8.53. The molecule has 0 spiro atoms. The van der Waals surface area contributed by atoms with Crippen molar-refractivity contribution in [2.75, 3.05) is 18.1 Å². The molecule has 1 amide bonds. The molecule has 0 aromatic heterocycles. The number of nitrogens with zero attached hydrogens (tertiary/aromatic N) is 1. The second kappa shape index (κ2) is 9.81. The van der Waals surface area contributed by atoms with Gasteiger partial charge in [0, 0.05) is 17.1 Å². The SMILES string of the molecule is O=C([C@@H]1CCS(=O)(=O)C1)N1CCC2(S(=O)(=O)c3ccc(Cl)cc3)c3ccc(C(F)(C(F)(F)F)C(F)(F)F)cc3CCC12. The van der Waals surface area contributed by atoms with Gasteiger partial charge in [-0.1, -0.05) is 29.8 Å². The van der Waals surface area contributed by atoms with E-state index in [-0.39, 0.29) is 65.1 Å². The molecule has 0 radical (unpaired) electrons. The first kappa shape index (κ1) is 31.0. The number of fused-ring (bicyclic) bond motifs is 3. The Kier molecular flexibility index (Phi) is 7.25. The molecule has 2 aliphatic heterocycles. The molecule has 2 aromatic carbocycles. The first-order chi connectivity index (χ1) is 19.3. The Balaban J connectivity index is 1.68. The molecule has 1 aliphatic carbocycles. The fourth-order valence-electron chi connectivity index (χ4n) is 6.54. The van der Waals surface area contributed by atoms with Crippen molar-refractivity contribution in [1.82, 2.24) is 4.90 Å². The number of halogens is 8. The number of benzene rings is 2. The van der Waals surface area contributed by atoms with Gasteiger partial charge in [-0.15, -0.1) is 0 Å². The first-order valence-electron chi connectivity index (χ1n) is 12.7. The van der Waals surface area contributed by atoms with Crippen LogP contribution in [-0.2, 0) is 41.3 Å². The van der Waals surface area contributed by atoms with Gasteiger partial charge in [-0.25, -0.2) is 21.2 Å². The first-order valence-corrected chi connectivity index (χ1v) is 16.4. The van der Waals surface area contributed by atoms with Crippen molar-refractivity contribution in [3.05, 3.63) is 64.2 Å². The number of likely N-dealkylation sites (tertiary alicyclic amines) is 1. The Morgan fingerprint density at radius 3 is 2.12 bits per heavy atom. The summed E-state index contributed by atoms with van der Waals surface area (Å²) in [7, 11) is -8.00. The van der Waals surface area contributed by atoms with Gasteiger partial charge in [0.2, 0.25) is 5.91 Å². The number of amides is 1. The van der Waals surface area contributed by atoms with Crippen LogP contribution in [0.25, 0.3) is 0 Å². The normalized spacial score (nSPS) is 26.1. The predicted octanol–water partition coefficient (Wildman–Crippen LogP) is 5.28. The summed E-state index contributed by atoms with van der Waals surface area (Å²) in [6.07, 6.45) is -13.4. The molecule has 42 heavy (non-hydrogen) atoms. The summed E-state index contributed by atoms with van der Waals surface area (Å²) in [5.74, 6) is -2.14. The summed E-state index contributed by atoms with van der Waals surface area (Å²) in [6.45, 7) is -0.161. The van der Waals surface area contributed by atoms with Gasteiger partial charge < -0.3 is 4.90 Å². The molecule has 230 valence electrons. The average molecular weight is 662 g/mol. The summed E-state index contributed by atoms with van der Waals surface area (Å²) in [6, 6.07) is 5.31. The van der Waals surface area contributed by atoms with Crippen molar-refractivity contribution in [2.45, 2.75) is 59.4 Å². The van der Waals surface area contributed by atoms with Crippen LogP contribution in [0.15, 0.2) is 47.4 Å². The third-order valence-corrected chi connectivity index (χ3v) is 13.1. The zero-order valence-electron chi connectivity index (χ0n) is 21.5. The van der Waals surface area contributed by atoms with E-state index in [1.807, 2.05) is 0 Å². The van der Waals surface area contributed by atoms with E-state index in [1.165, 1.54) is 29.2 Å². The molecule has 2 aromatic rings. The van der Waals surface area contributed by atoms with Crippen LogP contribution in [0.5, 0.6) is 0 Å². The Hall–Kier alpha value is -2.39. The Bertz CT molecular complexity index is 1630. The molecule has 2 heterocycles.